The van der Waals surface area contributed by atoms with Gasteiger partial charge in [0.1, 0.15) is 4.32 Å². The van der Waals surface area contributed by atoms with Gasteiger partial charge in [-0.1, -0.05) is 48.7 Å². The van der Waals surface area contributed by atoms with E-state index in [1.807, 2.05) is 17.8 Å². The number of hydrogen-bond acceptors (Lipinski definition) is 5. The van der Waals surface area contributed by atoms with Crippen molar-refractivity contribution in [3.05, 3.63) is 45.3 Å². The van der Waals surface area contributed by atoms with E-state index in [0.717, 1.165) is 17.9 Å². The van der Waals surface area contributed by atoms with Gasteiger partial charge in [-0.05, 0) is 68.4 Å². The number of carbonyl (C=O) groups is 1. The predicted octanol–water partition coefficient (Wildman–Crippen LogP) is 5.49. The van der Waals surface area contributed by atoms with Gasteiger partial charge >= 0.3 is 0 Å². The second-order valence-corrected chi connectivity index (χ2v) is 9.67. The van der Waals surface area contributed by atoms with Gasteiger partial charge < -0.3 is 4.90 Å². The summed E-state index contributed by atoms with van der Waals surface area (Å²) in [4.78, 5) is 18.8. The molecule has 0 N–H and O–H groups in total. The summed E-state index contributed by atoms with van der Waals surface area (Å²) in [6, 6.07) is 4.59. The van der Waals surface area contributed by atoms with E-state index in [1.54, 1.807) is 10.5 Å². The Morgan fingerprint density at radius 1 is 1.11 bits per heavy atom. The molecule has 1 aliphatic carbocycles. The Hall–Kier alpha value is -1.24. The third-order valence-electron chi connectivity index (χ3n) is 5.24. The number of allylic oxidation sites excluding steroid dienone is 2. The Morgan fingerprint density at radius 2 is 1.93 bits per heavy atom. The number of benzene rings is 1. The predicted molar refractivity (Wildman–Crippen MR) is 120 cm³/mol. The molecule has 6 heteroatoms. The number of anilines is 1. The van der Waals surface area contributed by atoms with Crippen LogP contribution in [0.2, 0.25) is 0 Å². The number of nitrogens with zero attached hydrogens (tertiary/aromatic N) is 2. The van der Waals surface area contributed by atoms with Crippen LogP contribution in [0.15, 0.2) is 39.1 Å². The van der Waals surface area contributed by atoms with Gasteiger partial charge in [-0.15, -0.1) is 0 Å². The van der Waals surface area contributed by atoms with E-state index in [9.17, 15) is 4.79 Å². The topological polar surface area (TPSA) is 23.6 Å². The molecule has 1 saturated heterocycles. The number of amides is 1. The van der Waals surface area contributed by atoms with Gasteiger partial charge in [0, 0.05) is 18.0 Å². The number of fused-ring (bicyclic) bond motifs is 3. The van der Waals surface area contributed by atoms with Gasteiger partial charge in [0.2, 0.25) is 0 Å². The van der Waals surface area contributed by atoms with E-state index in [4.69, 9.17) is 12.2 Å². The van der Waals surface area contributed by atoms with Crippen molar-refractivity contribution < 1.29 is 4.79 Å². The van der Waals surface area contributed by atoms with Crippen LogP contribution in [0.3, 0.4) is 0 Å². The molecule has 27 heavy (non-hydrogen) atoms. The molecule has 1 amide bonds. The quantitative estimate of drug-likeness (QED) is 0.477. The van der Waals surface area contributed by atoms with Crippen LogP contribution in [0.5, 0.6) is 0 Å². The summed E-state index contributed by atoms with van der Waals surface area (Å²) in [6.45, 7) is 5.88. The van der Waals surface area contributed by atoms with Crippen molar-refractivity contribution in [3.63, 3.8) is 0 Å². The molecule has 2 heterocycles. The number of rotatable bonds is 4. The van der Waals surface area contributed by atoms with Crippen molar-refractivity contribution in [1.29, 1.82) is 0 Å². The Labute approximate surface area is 175 Å². The van der Waals surface area contributed by atoms with Crippen molar-refractivity contribution >= 4 is 51.7 Å². The molecular formula is C21H24N2OS3. The van der Waals surface area contributed by atoms with Gasteiger partial charge in [0.05, 0.1) is 15.6 Å². The van der Waals surface area contributed by atoms with Crippen LogP contribution in [0, 0.1) is 0 Å². The van der Waals surface area contributed by atoms with Crippen LogP contribution in [0.1, 0.15) is 44.2 Å². The van der Waals surface area contributed by atoms with Gasteiger partial charge in [0.25, 0.3) is 5.91 Å². The molecule has 0 bridgehead atoms. The Bertz CT molecular complexity index is 859. The lowest BCUT2D eigenvalue weighted by molar-refractivity contribution is -0.122. The fourth-order valence-electron chi connectivity index (χ4n) is 3.91. The lowest BCUT2D eigenvalue weighted by atomic mass is 9.91. The minimum Gasteiger partial charge on any atom is -0.335 e. The number of aryl methyl sites for hydroxylation is 1. The maximum Gasteiger partial charge on any atom is 0.266 e. The molecule has 1 aromatic rings. The highest BCUT2D eigenvalue weighted by Gasteiger charge is 2.32. The summed E-state index contributed by atoms with van der Waals surface area (Å²) in [5.74, 6) is 0.0460. The van der Waals surface area contributed by atoms with Crippen LogP contribution in [-0.4, -0.2) is 28.2 Å². The zero-order valence-electron chi connectivity index (χ0n) is 15.8. The maximum absolute atomic E-state index is 12.6. The molecule has 1 fully saturated rings. The van der Waals surface area contributed by atoms with Gasteiger partial charge in [-0.3, -0.25) is 9.69 Å². The van der Waals surface area contributed by atoms with Crippen LogP contribution in [0.4, 0.5) is 5.69 Å². The summed E-state index contributed by atoms with van der Waals surface area (Å²) in [5, 5.41) is 1.20. The molecule has 2 aliphatic heterocycles. The smallest absolute Gasteiger partial charge is 0.266 e. The van der Waals surface area contributed by atoms with Gasteiger partial charge in [-0.25, -0.2) is 0 Å². The second kappa shape index (κ2) is 8.02. The molecule has 142 valence electrons. The average Bonchev–Trinajstić information content (AvgIpc) is 3.18. The largest absolute Gasteiger partial charge is 0.335 e. The van der Waals surface area contributed by atoms with Crippen LogP contribution in [-0.2, 0) is 17.6 Å². The Balaban J connectivity index is 1.63. The van der Waals surface area contributed by atoms with Crippen LogP contribution >= 0.6 is 35.7 Å². The number of carbonyl (C=O) groups excluding carboxylic acids is 1. The van der Waals surface area contributed by atoms with E-state index in [0.29, 0.717) is 10.9 Å². The summed E-state index contributed by atoms with van der Waals surface area (Å²) >= 11 is 8.64. The second-order valence-electron chi connectivity index (χ2n) is 6.97. The highest BCUT2D eigenvalue weighted by molar-refractivity contribution is 8.26. The van der Waals surface area contributed by atoms with Crippen molar-refractivity contribution in [3.8, 4) is 0 Å². The molecule has 0 radical (unpaired) electrons. The normalized spacial score (nSPS) is 22.1. The SMILES string of the molecule is CCCN1C(=O)/C(=C\C=C2/Sc3c(ccc4c3CCCC4)N2CC)SC1=S. The first-order valence-electron chi connectivity index (χ1n) is 9.69. The van der Waals surface area contributed by atoms with Crippen molar-refractivity contribution in [1.82, 2.24) is 4.90 Å². The third-order valence-corrected chi connectivity index (χ3v) is 7.86. The molecule has 1 aromatic carbocycles. The van der Waals surface area contributed by atoms with Gasteiger partial charge in [-0.2, -0.15) is 0 Å². The molecule has 4 rings (SSSR count). The van der Waals surface area contributed by atoms with Crippen molar-refractivity contribution in [2.45, 2.75) is 50.8 Å². The summed E-state index contributed by atoms with van der Waals surface area (Å²) in [5.41, 5.74) is 4.38. The Kier molecular flexibility index (Phi) is 5.67. The average molecular weight is 417 g/mol. The van der Waals surface area contributed by atoms with Crippen LogP contribution in [0.25, 0.3) is 0 Å². The molecule has 3 nitrogen and oxygen atoms in total. The highest BCUT2D eigenvalue weighted by Crippen LogP contribution is 2.50. The van der Waals surface area contributed by atoms with Crippen LogP contribution < -0.4 is 4.90 Å². The first kappa shape index (κ1) is 19.1. The summed E-state index contributed by atoms with van der Waals surface area (Å²) in [7, 11) is 0. The summed E-state index contributed by atoms with van der Waals surface area (Å²) in [6.07, 6.45) is 9.95. The lowest BCUT2D eigenvalue weighted by Crippen LogP contribution is -2.28. The molecular weight excluding hydrogens is 392 g/mol. The standard InChI is InChI=1S/C21H24N2OS3/c1-3-13-23-20(24)17(26-21(23)25)11-12-18-22(4-2)16-10-9-14-7-5-6-8-15(14)19(16)27-18/h9-12H,3-8,13H2,1-2H3/b17-11+,18-12-. The third kappa shape index (κ3) is 3.47. The number of hydrogen-bond donors (Lipinski definition) is 0. The van der Waals surface area contributed by atoms with E-state index >= 15 is 0 Å². The Morgan fingerprint density at radius 3 is 2.70 bits per heavy atom. The van der Waals surface area contributed by atoms with E-state index in [2.05, 4.69) is 37.0 Å². The minimum atomic E-state index is 0.0460. The highest BCUT2D eigenvalue weighted by atomic mass is 32.2. The maximum atomic E-state index is 12.6. The zero-order valence-corrected chi connectivity index (χ0v) is 18.2. The minimum absolute atomic E-state index is 0.0460. The monoisotopic (exact) mass is 416 g/mol. The number of thioether (sulfide) groups is 2. The lowest BCUT2D eigenvalue weighted by Gasteiger charge is -2.21. The van der Waals surface area contributed by atoms with Crippen molar-refractivity contribution in [2.75, 3.05) is 18.0 Å². The molecule has 0 aromatic heterocycles. The van der Waals surface area contributed by atoms with E-state index < -0.39 is 0 Å². The first-order chi connectivity index (χ1) is 13.1. The molecule has 3 aliphatic rings. The number of thiocarbonyl (C=S) groups is 1. The fourth-order valence-corrected chi connectivity index (χ4v) is 6.49. The summed E-state index contributed by atoms with van der Waals surface area (Å²) < 4.78 is 0.676. The van der Waals surface area contributed by atoms with Crippen molar-refractivity contribution in [2.24, 2.45) is 0 Å². The van der Waals surface area contributed by atoms with Gasteiger partial charge in [0.15, 0.2) is 0 Å². The molecule has 0 saturated carbocycles. The van der Waals surface area contributed by atoms with E-state index in [1.165, 1.54) is 58.6 Å². The fraction of sp³-hybridized carbons (Fsp3) is 0.429. The molecule has 0 atom stereocenters. The molecule has 0 spiro atoms. The first-order valence-corrected chi connectivity index (χ1v) is 11.7. The van der Waals surface area contributed by atoms with E-state index in [-0.39, 0.29) is 5.91 Å². The zero-order chi connectivity index (χ0) is 19.0. The molecule has 0 unspecified atom stereocenters.